The second-order valence-electron chi connectivity index (χ2n) is 2.28. The molecule has 0 unspecified atom stereocenters. The highest BCUT2D eigenvalue weighted by Gasteiger charge is 2.03. The Morgan fingerprint density at radius 2 is 2.31 bits per heavy atom. The minimum absolute atomic E-state index is 0.210. The zero-order valence-electron chi connectivity index (χ0n) is 6.73. The molecule has 4 nitrogen and oxygen atoms in total. The van der Waals surface area contributed by atoms with Gasteiger partial charge >= 0.3 is 0 Å². The molecule has 0 aliphatic heterocycles. The molecule has 0 bridgehead atoms. The molecule has 0 atom stereocenters. The Balaban J connectivity index is 2.98. The highest BCUT2D eigenvalue weighted by Crippen LogP contribution is 2.00. The van der Waals surface area contributed by atoms with Gasteiger partial charge in [-0.1, -0.05) is 6.07 Å². The molecule has 0 saturated carbocycles. The van der Waals surface area contributed by atoms with Crippen LogP contribution < -0.4 is 5.73 Å². The van der Waals surface area contributed by atoms with Gasteiger partial charge in [-0.3, -0.25) is 14.6 Å². The van der Waals surface area contributed by atoms with E-state index in [1.807, 2.05) is 0 Å². The molecule has 0 aromatic carbocycles. The molecule has 4 heteroatoms. The number of rotatable bonds is 3. The summed E-state index contributed by atoms with van der Waals surface area (Å²) >= 11 is 0. The van der Waals surface area contributed by atoms with Gasteiger partial charge in [0.15, 0.2) is 0 Å². The van der Waals surface area contributed by atoms with Gasteiger partial charge in [0, 0.05) is 6.20 Å². The Hall–Kier alpha value is -1.97. The fourth-order valence-corrected chi connectivity index (χ4v) is 0.760. The number of carbonyl (C=O) groups is 1. The van der Waals surface area contributed by atoms with Crippen LogP contribution in [-0.4, -0.2) is 17.2 Å². The van der Waals surface area contributed by atoms with Crippen molar-refractivity contribution in [2.24, 2.45) is 5.73 Å². The van der Waals surface area contributed by atoms with E-state index < -0.39 is 5.91 Å². The van der Waals surface area contributed by atoms with Crippen LogP contribution >= 0.6 is 0 Å². The smallest absolute Gasteiger partial charge is 0.252 e. The highest BCUT2D eigenvalue weighted by atomic mass is 16.2. The Morgan fingerprint density at radius 3 is 2.77 bits per heavy atom. The number of hydrogen-bond acceptors (Lipinski definition) is 3. The summed E-state index contributed by atoms with van der Waals surface area (Å²) in [6.07, 6.45) is 4.28. The zero-order chi connectivity index (χ0) is 9.68. The Labute approximate surface area is 75.1 Å². The molecule has 2 N–H and O–H groups in total. The lowest BCUT2D eigenvalue weighted by atomic mass is 10.2. The van der Waals surface area contributed by atoms with E-state index in [0.29, 0.717) is 5.69 Å². The summed E-state index contributed by atoms with van der Waals surface area (Å²) in [4.78, 5) is 24.7. The summed E-state index contributed by atoms with van der Waals surface area (Å²) < 4.78 is 0. The molecule has 1 radical (unpaired) electrons. The molecule has 0 saturated heterocycles. The van der Waals surface area contributed by atoms with Crippen LogP contribution in [0.5, 0.6) is 0 Å². The Kier molecular flexibility index (Phi) is 2.92. The number of aromatic nitrogens is 1. The first-order chi connectivity index (χ1) is 6.24. The first-order valence-electron chi connectivity index (χ1n) is 3.54. The fraction of sp³-hybridized carbons (Fsp3) is 0. The fourth-order valence-electron chi connectivity index (χ4n) is 0.760. The van der Waals surface area contributed by atoms with E-state index in [2.05, 4.69) is 4.98 Å². The lowest BCUT2D eigenvalue weighted by Crippen LogP contribution is -2.14. The number of nitrogens with two attached hydrogens (primary N) is 1. The maximum absolute atomic E-state index is 10.6. The number of carbonyl (C=O) groups excluding carboxylic acids is 2. The standard InChI is InChI=1S/C9H7N2O2/c10-9(13)7(6-12)5-8-3-1-2-4-11-8/h1-5H,(H2,10,13). The SMILES string of the molecule is NC(=O)C([C]=O)=Cc1ccccn1. The highest BCUT2D eigenvalue weighted by molar-refractivity contribution is 6.13. The summed E-state index contributed by atoms with van der Waals surface area (Å²) in [7, 11) is 0. The van der Waals surface area contributed by atoms with E-state index in [0.717, 1.165) is 0 Å². The van der Waals surface area contributed by atoms with Crippen LogP contribution in [0.3, 0.4) is 0 Å². The van der Waals surface area contributed by atoms with Crippen LogP contribution in [0.25, 0.3) is 6.08 Å². The maximum atomic E-state index is 10.6. The molecule has 1 aromatic heterocycles. The van der Waals surface area contributed by atoms with Crippen molar-refractivity contribution in [1.29, 1.82) is 0 Å². The van der Waals surface area contributed by atoms with E-state index >= 15 is 0 Å². The van der Waals surface area contributed by atoms with Gasteiger partial charge in [-0.2, -0.15) is 0 Å². The van der Waals surface area contributed by atoms with Crippen molar-refractivity contribution in [3.05, 3.63) is 35.7 Å². The third kappa shape index (κ3) is 2.52. The molecule has 1 amide bonds. The predicted octanol–water partition coefficient (Wildman–Crippen LogP) is 0.0600. The van der Waals surface area contributed by atoms with Crippen LogP contribution in [0.1, 0.15) is 5.69 Å². The van der Waals surface area contributed by atoms with Crippen LogP contribution in [0.2, 0.25) is 0 Å². The molecular weight excluding hydrogens is 168 g/mol. The molecule has 1 aromatic rings. The predicted molar refractivity (Wildman–Crippen MR) is 47.1 cm³/mol. The van der Waals surface area contributed by atoms with Gasteiger partial charge in [0.2, 0.25) is 6.29 Å². The maximum Gasteiger partial charge on any atom is 0.252 e. The number of amides is 1. The number of pyridine rings is 1. The van der Waals surface area contributed by atoms with Gasteiger partial charge in [-0.15, -0.1) is 0 Å². The van der Waals surface area contributed by atoms with E-state index in [9.17, 15) is 9.59 Å². The summed E-state index contributed by atoms with van der Waals surface area (Å²) in [5, 5.41) is 0. The third-order valence-corrected chi connectivity index (χ3v) is 1.36. The first-order valence-corrected chi connectivity index (χ1v) is 3.54. The summed E-state index contributed by atoms with van der Waals surface area (Å²) in [5.74, 6) is -0.805. The van der Waals surface area contributed by atoms with E-state index in [-0.39, 0.29) is 5.57 Å². The molecular formula is C9H7N2O2. The second-order valence-corrected chi connectivity index (χ2v) is 2.28. The van der Waals surface area contributed by atoms with Crippen molar-refractivity contribution in [1.82, 2.24) is 4.98 Å². The minimum Gasteiger partial charge on any atom is -0.365 e. The molecule has 0 fully saturated rings. The van der Waals surface area contributed by atoms with Gasteiger partial charge in [-0.05, 0) is 18.2 Å². The molecule has 0 spiro atoms. The quantitative estimate of drug-likeness (QED) is 0.401. The molecule has 1 heterocycles. The monoisotopic (exact) mass is 175 g/mol. The van der Waals surface area contributed by atoms with Crippen molar-refractivity contribution in [2.45, 2.75) is 0 Å². The average Bonchev–Trinajstić information content (AvgIpc) is 2.15. The summed E-state index contributed by atoms with van der Waals surface area (Å²) in [6.45, 7) is 0. The number of primary amides is 1. The van der Waals surface area contributed by atoms with E-state index in [1.54, 1.807) is 24.4 Å². The minimum atomic E-state index is -0.805. The summed E-state index contributed by atoms with van der Waals surface area (Å²) in [6, 6.07) is 5.12. The van der Waals surface area contributed by atoms with Crippen molar-refractivity contribution < 1.29 is 9.59 Å². The van der Waals surface area contributed by atoms with Crippen molar-refractivity contribution in [2.75, 3.05) is 0 Å². The lowest BCUT2D eigenvalue weighted by Gasteiger charge is -1.92. The largest absolute Gasteiger partial charge is 0.365 e. The Morgan fingerprint density at radius 1 is 1.54 bits per heavy atom. The van der Waals surface area contributed by atoms with Crippen LogP contribution in [0, 0.1) is 0 Å². The van der Waals surface area contributed by atoms with E-state index in [1.165, 1.54) is 12.4 Å². The molecule has 0 aliphatic carbocycles. The molecule has 65 valence electrons. The van der Waals surface area contributed by atoms with Crippen LogP contribution in [0.15, 0.2) is 30.0 Å². The second kappa shape index (κ2) is 4.15. The van der Waals surface area contributed by atoms with Gasteiger partial charge in [0.05, 0.1) is 11.3 Å². The normalized spacial score (nSPS) is 10.9. The van der Waals surface area contributed by atoms with Crippen molar-refractivity contribution >= 4 is 18.3 Å². The summed E-state index contributed by atoms with van der Waals surface area (Å²) in [5.41, 5.74) is 5.19. The van der Waals surface area contributed by atoms with Gasteiger partial charge in [-0.25, -0.2) is 0 Å². The molecule has 0 aliphatic rings. The topological polar surface area (TPSA) is 73.1 Å². The number of hydrogen-bond donors (Lipinski definition) is 1. The van der Waals surface area contributed by atoms with Gasteiger partial charge < -0.3 is 5.73 Å². The molecule has 1 rings (SSSR count). The number of nitrogens with zero attached hydrogens (tertiary/aromatic N) is 1. The van der Waals surface area contributed by atoms with Crippen LogP contribution in [-0.2, 0) is 9.59 Å². The lowest BCUT2D eigenvalue weighted by molar-refractivity contribution is -0.114. The van der Waals surface area contributed by atoms with Crippen LogP contribution in [0.4, 0.5) is 0 Å². The van der Waals surface area contributed by atoms with Gasteiger partial charge in [0.25, 0.3) is 5.91 Å². The average molecular weight is 175 g/mol. The van der Waals surface area contributed by atoms with Crippen molar-refractivity contribution in [3.63, 3.8) is 0 Å². The van der Waals surface area contributed by atoms with E-state index in [4.69, 9.17) is 5.73 Å². The third-order valence-electron chi connectivity index (χ3n) is 1.36. The van der Waals surface area contributed by atoms with Gasteiger partial charge in [0.1, 0.15) is 0 Å². The zero-order valence-corrected chi connectivity index (χ0v) is 6.73. The van der Waals surface area contributed by atoms with Crippen molar-refractivity contribution in [3.8, 4) is 0 Å². The molecule has 13 heavy (non-hydrogen) atoms. The first kappa shape index (κ1) is 9.12. The Bertz CT molecular complexity index is 344.